The second-order valence-electron chi connectivity index (χ2n) is 4.50. The molecule has 100 valence electrons. The van der Waals surface area contributed by atoms with E-state index in [4.69, 9.17) is 0 Å². The summed E-state index contributed by atoms with van der Waals surface area (Å²) in [6.07, 6.45) is 5.84. The molecule has 1 N–H and O–H groups in total. The van der Waals surface area contributed by atoms with Crippen molar-refractivity contribution in [3.05, 3.63) is 48.3 Å². The number of nitrogens with zero attached hydrogens (tertiary/aromatic N) is 3. The van der Waals surface area contributed by atoms with Gasteiger partial charge in [-0.1, -0.05) is 6.07 Å². The van der Waals surface area contributed by atoms with Gasteiger partial charge in [0.25, 0.3) is 0 Å². The Morgan fingerprint density at radius 3 is 3.00 bits per heavy atom. The first-order valence-corrected chi connectivity index (χ1v) is 6.34. The molecule has 5 nitrogen and oxygen atoms in total. The molecule has 0 saturated carbocycles. The number of hydrogen-bond donors (Lipinski definition) is 1. The van der Waals surface area contributed by atoms with Crippen molar-refractivity contribution in [1.82, 2.24) is 19.9 Å². The molecule has 5 heteroatoms. The number of pyridine rings is 1. The molecule has 0 aliphatic rings. The first-order chi connectivity index (χ1) is 9.16. The van der Waals surface area contributed by atoms with Crippen molar-refractivity contribution in [2.45, 2.75) is 26.3 Å². The van der Waals surface area contributed by atoms with Crippen LogP contribution in [0, 0.1) is 6.92 Å². The average molecular weight is 258 g/mol. The average Bonchev–Trinajstić information content (AvgIpc) is 2.91. The second-order valence-corrected chi connectivity index (χ2v) is 4.50. The quantitative estimate of drug-likeness (QED) is 0.884. The van der Waals surface area contributed by atoms with Gasteiger partial charge in [-0.3, -0.25) is 9.78 Å². The maximum Gasteiger partial charge on any atom is 0.242 e. The lowest BCUT2D eigenvalue weighted by molar-refractivity contribution is -0.123. The predicted molar refractivity (Wildman–Crippen MR) is 72.6 cm³/mol. The molecule has 0 aromatic carbocycles. The van der Waals surface area contributed by atoms with Gasteiger partial charge in [-0.05, 0) is 26.0 Å². The molecular weight excluding hydrogens is 240 g/mol. The lowest BCUT2D eigenvalue weighted by Crippen LogP contribution is -2.32. The highest BCUT2D eigenvalue weighted by atomic mass is 16.2. The van der Waals surface area contributed by atoms with Crippen LogP contribution >= 0.6 is 0 Å². The highest BCUT2D eigenvalue weighted by molar-refractivity contribution is 5.79. The monoisotopic (exact) mass is 258 g/mol. The van der Waals surface area contributed by atoms with Crippen LogP contribution < -0.4 is 5.32 Å². The zero-order valence-electron chi connectivity index (χ0n) is 11.2. The fourth-order valence-electron chi connectivity index (χ4n) is 1.83. The Bertz CT molecular complexity index is 536. The highest BCUT2D eigenvalue weighted by Crippen LogP contribution is 2.04. The van der Waals surface area contributed by atoms with E-state index in [1.807, 2.05) is 32.0 Å². The first-order valence-electron chi connectivity index (χ1n) is 6.34. The predicted octanol–water partition coefficient (Wildman–Crippen LogP) is 1.51. The number of rotatable bonds is 5. The van der Waals surface area contributed by atoms with Crippen LogP contribution in [0.4, 0.5) is 0 Å². The van der Waals surface area contributed by atoms with Crippen LogP contribution in [0.25, 0.3) is 0 Å². The molecule has 0 saturated heterocycles. The zero-order chi connectivity index (χ0) is 13.7. The van der Waals surface area contributed by atoms with Crippen molar-refractivity contribution in [2.24, 2.45) is 0 Å². The third-order valence-electron chi connectivity index (χ3n) is 2.98. The Labute approximate surface area is 112 Å². The zero-order valence-corrected chi connectivity index (χ0v) is 11.2. The normalized spacial score (nSPS) is 12.1. The summed E-state index contributed by atoms with van der Waals surface area (Å²) in [5, 5.41) is 2.91. The summed E-state index contributed by atoms with van der Waals surface area (Å²) in [6.45, 7) is 4.40. The van der Waals surface area contributed by atoms with Crippen LogP contribution in [0.15, 0.2) is 36.9 Å². The van der Waals surface area contributed by atoms with Gasteiger partial charge >= 0.3 is 0 Å². The number of nitrogens with one attached hydrogen (secondary N) is 1. The van der Waals surface area contributed by atoms with Gasteiger partial charge in [0.2, 0.25) is 5.91 Å². The third-order valence-corrected chi connectivity index (χ3v) is 2.98. The van der Waals surface area contributed by atoms with Gasteiger partial charge in [-0.25, -0.2) is 4.98 Å². The maximum atomic E-state index is 11.9. The largest absolute Gasteiger partial charge is 0.354 e. The molecular formula is C14H18N4O. The molecule has 0 aliphatic carbocycles. The Hall–Kier alpha value is -2.17. The van der Waals surface area contributed by atoms with E-state index in [2.05, 4.69) is 15.3 Å². The van der Waals surface area contributed by atoms with Gasteiger partial charge in [-0.15, -0.1) is 0 Å². The number of aromatic nitrogens is 3. The third kappa shape index (κ3) is 3.64. The summed E-state index contributed by atoms with van der Waals surface area (Å²) in [6, 6.07) is 5.67. The summed E-state index contributed by atoms with van der Waals surface area (Å²) >= 11 is 0. The summed E-state index contributed by atoms with van der Waals surface area (Å²) in [5.74, 6) is -0.00865. The van der Waals surface area contributed by atoms with Crippen molar-refractivity contribution in [3.63, 3.8) is 0 Å². The van der Waals surface area contributed by atoms with Gasteiger partial charge in [-0.2, -0.15) is 0 Å². The molecule has 2 aromatic heterocycles. The Morgan fingerprint density at radius 2 is 2.32 bits per heavy atom. The van der Waals surface area contributed by atoms with Crippen LogP contribution in [-0.2, 0) is 11.2 Å². The van der Waals surface area contributed by atoms with Crippen molar-refractivity contribution in [2.75, 3.05) is 6.54 Å². The van der Waals surface area contributed by atoms with Gasteiger partial charge in [0.15, 0.2) is 0 Å². The minimum absolute atomic E-state index is 0.00865. The van der Waals surface area contributed by atoms with Gasteiger partial charge in [0.05, 0.1) is 6.33 Å². The van der Waals surface area contributed by atoms with E-state index in [1.54, 1.807) is 23.3 Å². The summed E-state index contributed by atoms with van der Waals surface area (Å²) < 4.78 is 1.78. The van der Waals surface area contributed by atoms with E-state index < -0.39 is 0 Å². The SMILES string of the molecule is Cc1cccc(CCNC(=O)C(C)n2ccnc2)n1. The Balaban J connectivity index is 1.81. The number of amides is 1. The van der Waals surface area contributed by atoms with E-state index in [9.17, 15) is 4.79 Å². The number of imidazole rings is 1. The van der Waals surface area contributed by atoms with Crippen molar-refractivity contribution in [1.29, 1.82) is 0 Å². The molecule has 1 amide bonds. The van der Waals surface area contributed by atoms with E-state index in [-0.39, 0.29) is 11.9 Å². The van der Waals surface area contributed by atoms with E-state index in [0.29, 0.717) is 6.54 Å². The minimum atomic E-state index is -0.243. The molecule has 2 rings (SSSR count). The highest BCUT2D eigenvalue weighted by Gasteiger charge is 2.13. The lowest BCUT2D eigenvalue weighted by atomic mass is 10.2. The van der Waals surface area contributed by atoms with Gasteiger partial charge in [0, 0.05) is 36.7 Å². The maximum absolute atomic E-state index is 11.9. The second kappa shape index (κ2) is 6.13. The van der Waals surface area contributed by atoms with Crippen LogP contribution in [-0.4, -0.2) is 27.0 Å². The van der Waals surface area contributed by atoms with E-state index >= 15 is 0 Å². The van der Waals surface area contributed by atoms with E-state index in [1.165, 1.54) is 0 Å². The molecule has 0 radical (unpaired) electrons. The molecule has 2 heterocycles. The van der Waals surface area contributed by atoms with E-state index in [0.717, 1.165) is 17.8 Å². The summed E-state index contributed by atoms with van der Waals surface area (Å²) in [4.78, 5) is 20.3. The summed E-state index contributed by atoms with van der Waals surface area (Å²) in [7, 11) is 0. The molecule has 0 spiro atoms. The number of carbonyl (C=O) groups is 1. The van der Waals surface area contributed by atoms with Crippen LogP contribution in [0.5, 0.6) is 0 Å². The standard InChI is InChI=1S/C14H18N4O/c1-11-4-3-5-13(17-11)6-7-16-14(19)12(2)18-9-8-15-10-18/h3-5,8-10,12H,6-7H2,1-2H3,(H,16,19). The van der Waals surface area contributed by atoms with Gasteiger partial charge in [0.1, 0.15) is 6.04 Å². The molecule has 1 atom stereocenters. The Kier molecular flexibility index (Phi) is 4.28. The molecule has 2 aromatic rings. The minimum Gasteiger partial charge on any atom is -0.354 e. The topological polar surface area (TPSA) is 59.8 Å². The molecule has 1 unspecified atom stereocenters. The van der Waals surface area contributed by atoms with Crippen molar-refractivity contribution in [3.8, 4) is 0 Å². The number of carbonyl (C=O) groups excluding carboxylic acids is 1. The van der Waals surface area contributed by atoms with Gasteiger partial charge < -0.3 is 9.88 Å². The van der Waals surface area contributed by atoms with Crippen LogP contribution in [0.2, 0.25) is 0 Å². The smallest absolute Gasteiger partial charge is 0.242 e. The molecule has 0 aliphatic heterocycles. The Morgan fingerprint density at radius 1 is 1.47 bits per heavy atom. The number of hydrogen-bond acceptors (Lipinski definition) is 3. The molecule has 19 heavy (non-hydrogen) atoms. The lowest BCUT2D eigenvalue weighted by Gasteiger charge is -2.13. The first kappa shape index (κ1) is 13.3. The van der Waals surface area contributed by atoms with Crippen LogP contribution in [0.3, 0.4) is 0 Å². The van der Waals surface area contributed by atoms with Crippen LogP contribution in [0.1, 0.15) is 24.4 Å². The van der Waals surface area contributed by atoms with Crippen molar-refractivity contribution < 1.29 is 4.79 Å². The molecule has 0 bridgehead atoms. The molecule has 0 fully saturated rings. The number of aryl methyl sites for hydroxylation is 1. The van der Waals surface area contributed by atoms with Crippen molar-refractivity contribution >= 4 is 5.91 Å². The fourth-order valence-corrected chi connectivity index (χ4v) is 1.83. The summed E-state index contributed by atoms with van der Waals surface area (Å²) in [5.41, 5.74) is 1.99. The fraction of sp³-hybridized carbons (Fsp3) is 0.357.